The summed E-state index contributed by atoms with van der Waals surface area (Å²) in [5.74, 6) is -1.23. The average molecular weight is 406 g/mol. The molecule has 1 atom stereocenters. The highest BCUT2D eigenvalue weighted by molar-refractivity contribution is 7.89. The van der Waals surface area contributed by atoms with Crippen molar-refractivity contribution in [1.29, 1.82) is 0 Å². The largest absolute Gasteiger partial charge is 0.495 e. The number of para-hydroxylation sites is 1. The highest BCUT2D eigenvalue weighted by atomic mass is 32.2. The summed E-state index contributed by atoms with van der Waals surface area (Å²) in [5.41, 5.74) is 0.555. The van der Waals surface area contributed by atoms with Crippen molar-refractivity contribution in [3.8, 4) is 5.75 Å². The van der Waals surface area contributed by atoms with E-state index in [1.165, 1.54) is 46.3 Å². The van der Waals surface area contributed by atoms with Gasteiger partial charge in [-0.3, -0.25) is 4.79 Å². The van der Waals surface area contributed by atoms with Crippen LogP contribution in [0.25, 0.3) is 0 Å². The Morgan fingerprint density at radius 3 is 2.29 bits per heavy atom. The fourth-order valence-electron chi connectivity index (χ4n) is 2.25. The van der Waals surface area contributed by atoms with E-state index in [2.05, 4.69) is 5.32 Å². The third kappa shape index (κ3) is 4.87. The molecule has 1 N–H and O–H groups in total. The van der Waals surface area contributed by atoms with E-state index in [0.29, 0.717) is 5.69 Å². The van der Waals surface area contributed by atoms with Gasteiger partial charge in [0, 0.05) is 19.8 Å². The highest BCUT2D eigenvalue weighted by Gasteiger charge is 2.25. The number of hydrogen-bond acceptors (Lipinski definition) is 6. The monoisotopic (exact) mass is 406 g/mol. The fourth-order valence-corrected chi connectivity index (χ4v) is 3.32. The van der Waals surface area contributed by atoms with Crippen LogP contribution in [-0.4, -0.2) is 51.9 Å². The van der Waals surface area contributed by atoms with Crippen LogP contribution < -0.4 is 10.1 Å². The van der Waals surface area contributed by atoms with Gasteiger partial charge in [0.25, 0.3) is 5.91 Å². The average Bonchev–Trinajstić information content (AvgIpc) is 2.67. The lowest BCUT2D eigenvalue weighted by Gasteiger charge is -2.16. The van der Waals surface area contributed by atoms with Gasteiger partial charge < -0.3 is 14.8 Å². The normalized spacial score (nSPS) is 12.3. The molecule has 0 saturated carbocycles. The Morgan fingerprint density at radius 2 is 1.71 bits per heavy atom. The number of esters is 1. The van der Waals surface area contributed by atoms with Gasteiger partial charge in [0.15, 0.2) is 6.10 Å². The summed E-state index contributed by atoms with van der Waals surface area (Å²) in [5, 5.41) is 2.63. The van der Waals surface area contributed by atoms with Crippen molar-refractivity contribution < 1.29 is 27.5 Å². The lowest BCUT2D eigenvalue weighted by Crippen LogP contribution is -2.30. The Bertz CT molecular complexity index is 958. The topological polar surface area (TPSA) is 102 Å². The molecule has 2 rings (SSSR count). The number of methoxy groups -OCH3 is 1. The van der Waals surface area contributed by atoms with Crippen LogP contribution in [0.4, 0.5) is 5.69 Å². The molecule has 2 aromatic rings. The molecule has 0 fully saturated rings. The van der Waals surface area contributed by atoms with Crippen LogP contribution >= 0.6 is 0 Å². The van der Waals surface area contributed by atoms with E-state index in [1.807, 2.05) is 6.07 Å². The van der Waals surface area contributed by atoms with E-state index in [4.69, 9.17) is 9.47 Å². The molecule has 0 aliphatic heterocycles. The van der Waals surface area contributed by atoms with Crippen LogP contribution in [0.2, 0.25) is 0 Å². The fraction of sp³-hybridized carbons (Fsp3) is 0.263. The smallest absolute Gasteiger partial charge is 0.338 e. The van der Waals surface area contributed by atoms with Gasteiger partial charge in [-0.15, -0.1) is 0 Å². The first-order valence-electron chi connectivity index (χ1n) is 8.34. The Morgan fingerprint density at radius 1 is 1.07 bits per heavy atom. The van der Waals surface area contributed by atoms with Gasteiger partial charge in [-0.25, -0.2) is 17.5 Å². The van der Waals surface area contributed by atoms with Gasteiger partial charge in [-0.1, -0.05) is 18.2 Å². The number of benzene rings is 2. The van der Waals surface area contributed by atoms with Crippen LogP contribution in [0.1, 0.15) is 17.3 Å². The van der Waals surface area contributed by atoms with Crippen molar-refractivity contribution >= 4 is 27.6 Å². The first-order valence-corrected chi connectivity index (χ1v) is 9.78. The number of nitrogens with zero attached hydrogens (tertiary/aromatic N) is 1. The van der Waals surface area contributed by atoms with E-state index in [9.17, 15) is 18.0 Å². The molecule has 0 saturated heterocycles. The predicted molar refractivity (Wildman–Crippen MR) is 104 cm³/mol. The van der Waals surface area contributed by atoms with Crippen LogP contribution in [0.15, 0.2) is 53.4 Å². The Hall–Kier alpha value is -2.91. The molecule has 0 heterocycles. The van der Waals surface area contributed by atoms with Gasteiger partial charge in [0.1, 0.15) is 10.6 Å². The summed E-state index contributed by atoms with van der Waals surface area (Å²) in [7, 11) is 0.233. The minimum absolute atomic E-state index is 0.0133. The SMILES string of the molecule is COc1ccc(C(=O)O[C@@H](C)C(=O)Nc2ccccc2)cc1S(=O)(=O)N(C)C. The molecule has 0 aliphatic rings. The van der Waals surface area contributed by atoms with E-state index in [1.54, 1.807) is 24.3 Å². The maximum absolute atomic E-state index is 12.4. The molecular weight excluding hydrogens is 384 g/mol. The Kier molecular flexibility index (Phi) is 6.76. The summed E-state index contributed by atoms with van der Waals surface area (Å²) >= 11 is 0. The second-order valence-electron chi connectivity index (χ2n) is 6.06. The maximum atomic E-state index is 12.4. The van der Waals surface area contributed by atoms with Gasteiger partial charge in [-0.05, 0) is 37.3 Å². The van der Waals surface area contributed by atoms with Crippen molar-refractivity contribution in [3.63, 3.8) is 0 Å². The number of anilines is 1. The molecule has 2 aromatic carbocycles. The van der Waals surface area contributed by atoms with Gasteiger partial charge >= 0.3 is 5.97 Å². The first kappa shape index (κ1) is 21.4. The summed E-state index contributed by atoms with van der Waals surface area (Å²) in [4.78, 5) is 24.4. The molecule has 150 valence electrons. The van der Waals surface area contributed by atoms with E-state index >= 15 is 0 Å². The third-order valence-corrected chi connectivity index (χ3v) is 5.69. The van der Waals surface area contributed by atoms with Crippen molar-refractivity contribution in [3.05, 3.63) is 54.1 Å². The molecule has 0 aromatic heterocycles. The lowest BCUT2D eigenvalue weighted by molar-refractivity contribution is -0.123. The quantitative estimate of drug-likeness (QED) is 0.707. The molecule has 9 heteroatoms. The predicted octanol–water partition coefficient (Wildman–Crippen LogP) is 2.13. The van der Waals surface area contributed by atoms with Gasteiger partial charge in [0.05, 0.1) is 12.7 Å². The molecule has 1 amide bonds. The molecule has 0 radical (unpaired) electrons. The molecular formula is C19H22N2O6S. The Labute approximate surface area is 164 Å². The highest BCUT2D eigenvalue weighted by Crippen LogP contribution is 2.27. The van der Waals surface area contributed by atoms with Gasteiger partial charge in [-0.2, -0.15) is 0 Å². The number of sulfonamides is 1. The molecule has 0 bridgehead atoms. The molecule has 0 aliphatic carbocycles. The zero-order valence-corrected chi connectivity index (χ0v) is 16.8. The van der Waals surface area contributed by atoms with Crippen molar-refractivity contribution in [2.45, 2.75) is 17.9 Å². The van der Waals surface area contributed by atoms with Crippen LogP contribution in [0.5, 0.6) is 5.75 Å². The Balaban J connectivity index is 2.19. The number of nitrogens with one attached hydrogen (secondary N) is 1. The molecule has 0 unspecified atom stereocenters. The minimum atomic E-state index is -3.84. The van der Waals surface area contributed by atoms with Crippen LogP contribution in [0.3, 0.4) is 0 Å². The van der Waals surface area contributed by atoms with Crippen LogP contribution in [0, 0.1) is 0 Å². The number of ether oxygens (including phenoxy) is 2. The maximum Gasteiger partial charge on any atom is 0.338 e. The summed E-state index contributed by atoms with van der Waals surface area (Å²) in [6, 6.07) is 12.6. The number of carbonyl (C=O) groups excluding carboxylic acids is 2. The zero-order valence-electron chi connectivity index (χ0n) is 16.0. The van der Waals surface area contributed by atoms with Crippen molar-refractivity contribution in [1.82, 2.24) is 4.31 Å². The molecule has 28 heavy (non-hydrogen) atoms. The molecule has 0 spiro atoms. The zero-order chi connectivity index (χ0) is 20.9. The number of amides is 1. The lowest BCUT2D eigenvalue weighted by atomic mass is 10.2. The van der Waals surface area contributed by atoms with E-state index in [-0.39, 0.29) is 16.2 Å². The third-order valence-electron chi connectivity index (χ3n) is 3.85. The number of hydrogen-bond donors (Lipinski definition) is 1. The first-order chi connectivity index (χ1) is 13.2. The van der Waals surface area contributed by atoms with Crippen molar-refractivity contribution in [2.75, 3.05) is 26.5 Å². The van der Waals surface area contributed by atoms with E-state index in [0.717, 1.165) is 4.31 Å². The van der Waals surface area contributed by atoms with Crippen molar-refractivity contribution in [2.24, 2.45) is 0 Å². The number of rotatable bonds is 7. The second-order valence-corrected chi connectivity index (χ2v) is 8.18. The molecule has 8 nitrogen and oxygen atoms in total. The summed E-state index contributed by atoms with van der Waals surface area (Å²) in [6.07, 6.45) is -1.08. The second kappa shape index (κ2) is 8.85. The summed E-state index contributed by atoms with van der Waals surface area (Å²) in [6.45, 7) is 1.43. The van der Waals surface area contributed by atoms with Crippen LogP contribution in [-0.2, 0) is 19.6 Å². The summed E-state index contributed by atoms with van der Waals surface area (Å²) < 4.78 is 36.2. The van der Waals surface area contributed by atoms with E-state index < -0.39 is 28.0 Å². The number of carbonyl (C=O) groups is 2. The standard InChI is InChI=1S/C19H22N2O6S/c1-13(18(22)20-15-8-6-5-7-9-15)27-19(23)14-10-11-16(26-4)17(12-14)28(24,25)21(2)3/h5-13H,1-4H3,(H,20,22)/t13-/m0/s1. The van der Waals surface area contributed by atoms with Gasteiger partial charge in [0.2, 0.25) is 10.0 Å². The minimum Gasteiger partial charge on any atom is -0.495 e.